The number of halogens is 1. The third kappa shape index (κ3) is 3.36. The summed E-state index contributed by atoms with van der Waals surface area (Å²) >= 11 is 5.99. The lowest BCUT2D eigenvalue weighted by Gasteiger charge is -2.21. The molecule has 2 aromatic rings. The maximum atomic E-state index is 12.7. The number of carbonyl (C=O) groups excluding carboxylic acids is 1. The molecule has 6 heteroatoms. The molecule has 0 unspecified atom stereocenters. The van der Waals surface area contributed by atoms with Gasteiger partial charge in [0, 0.05) is 24.7 Å². The van der Waals surface area contributed by atoms with Crippen LogP contribution in [0.1, 0.15) is 29.9 Å². The van der Waals surface area contributed by atoms with Crippen molar-refractivity contribution in [2.75, 3.05) is 12.3 Å². The molecule has 0 atom stereocenters. The fourth-order valence-corrected chi connectivity index (χ4v) is 2.42. The van der Waals surface area contributed by atoms with Crippen LogP contribution in [0.5, 0.6) is 0 Å². The van der Waals surface area contributed by atoms with Crippen LogP contribution in [-0.2, 0) is 13.1 Å². The molecule has 0 radical (unpaired) electrons. The number of nitrogens with two attached hydrogens (primary N) is 1. The van der Waals surface area contributed by atoms with E-state index in [-0.39, 0.29) is 5.91 Å². The summed E-state index contributed by atoms with van der Waals surface area (Å²) in [6.45, 7) is 5.54. The molecule has 0 saturated carbocycles. The van der Waals surface area contributed by atoms with Gasteiger partial charge in [-0.2, -0.15) is 5.10 Å². The zero-order chi connectivity index (χ0) is 15.4. The van der Waals surface area contributed by atoms with Gasteiger partial charge in [0.15, 0.2) is 0 Å². The molecule has 0 aliphatic carbocycles. The number of anilines is 1. The van der Waals surface area contributed by atoms with Crippen molar-refractivity contribution in [3.8, 4) is 0 Å². The van der Waals surface area contributed by atoms with Gasteiger partial charge in [-0.3, -0.25) is 9.48 Å². The SMILES string of the molecule is CCN(Cc1cccc(Cl)c1)C(=O)c1c(N)cnn1CC. The highest BCUT2D eigenvalue weighted by Gasteiger charge is 2.21. The molecule has 2 rings (SSSR count). The van der Waals surface area contributed by atoms with Crippen molar-refractivity contribution in [2.24, 2.45) is 0 Å². The molecule has 0 saturated heterocycles. The van der Waals surface area contributed by atoms with Gasteiger partial charge in [0.05, 0.1) is 11.9 Å². The summed E-state index contributed by atoms with van der Waals surface area (Å²) in [6.07, 6.45) is 1.52. The normalized spacial score (nSPS) is 10.6. The lowest BCUT2D eigenvalue weighted by molar-refractivity contribution is 0.0741. The molecule has 0 bridgehead atoms. The van der Waals surface area contributed by atoms with E-state index in [0.29, 0.717) is 36.0 Å². The van der Waals surface area contributed by atoms with E-state index in [0.717, 1.165) is 5.56 Å². The minimum Gasteiger partial charge on any atom is -0.396 e. The number of rotatable bonds is 5. The Hall–Kier alpha value is -2.01. The van der Waals surface area contributed by atoms with Crippen LogP contribution >= 0.6 is 11.6 Å². The Kier molecular flexibility index (Phi) is 4.85. The van der Waals surface area contributed by atoms with Crippen LogP contribution in [0.15, 0.2) is 30.5 Å². The third-order valence-electron chi connectivity index (χ3n) is 3.30. The summed E-state index contributed by atoms with van der Waals surface area (Å²) in [6, 6.07) is 7.49. The van der Waals surface area contributed by atoms with Gasteiger partial charge in [-0.25, -0.2) is 0 Å². The molecular weight excluding hydrogens is 288 g/mol. The molecule has 21 heavy (non-hydrogen) atoms. The smallest absolute Gasteiger partial charge is 0.274 e. The first-order valence-electron chi connectivity index (χ1n) is 6.91. The number of nitrogen functional groups attached to an aromatic ring is 1. The highest BCUT2D eigenvalue weighted by Crippen LogP contribution is 2.17. The van der Waals surface area contributed by atoms with Gasteiger partial charge < -0.3 is 10.6 Å². The van der Waals surface area contributed by atoms with Crippen molar-refractivity contribution < 1.29 is 4.79 Å². The molecule has 0 aliphatic rings. The highest BCUT2D eigenvalue weighted by atomic mass is 35.5. The van der Waals surface area contributed by atoms with Crippen molar-refractivity contribution >= 4 is 23.2 Å². The standard InChI is InChI=1S/C15H19ClN4O/c1-3-19(10-11-6-5-7-12(16)8-11)15(21)14-13(17)9-18-20(14)4-2/h5-9H,3-4,10,17H2,1-2H3. The Morgan fingerprint density at radius 2 is 2.19 bits per heavy atom. The van der Waals surface area contributed by atoms with Crippen LogP contribution in [0.3, 0.4) is 0 Å². The van der Waals surface area contributed by atoms with Crippen LogP contribution in [0.2, 0.25) is 5.02 Å². The second-order valence-electron chi connectivity index (χ2n) is 4.71. The first-order valence-corrected chi connectivity index (χ1v) is 7.29. The van der Waals surface area contributed by atoms with Crippen LogP contribution in [0.25, 0.3) is 0 Å². The molecular formula is C15H19ClN4O. The quantitative estimate of drug-likeness (QED) is 0.924. The average Bonchev–Trinajstić information content (AvgIpc) is 2.85. The lowest BCUT2D eigenvalue weighted by atomic mass is 10.2. The summed E-state index contributed by atoms with van der Waals surface area (Å²) in [5, 5.41) is 4.78. The van der Waals surface area contributed by atoms with Crippen molar-refractivity contribution in [3.63, 3.8) is 0 Å². The summed E-state index contributed by atoms with van der Waals surface area (Å²) in [5.74, 6) is -0.116. The van der Waals surface area contributed by atoms with E-state index in [1.807, 2.05) is 38.1 Å². The average molecular weight is 307 g/mol. The number of hydrogen-bond acceptors (Lipinski definition) is 3. The maximum Gasteiger partial charge on any atom is 0.274 e. The Balaban J connectivity index is 2.24. The number of aryl methyl sites for hydroxylation is 1. The molecule has 2 N–H and O–H groups in total. The second-order valence-corrected chi connectivity index (χ2v) is 5.15. The Morgan fingerprint density at radius 1 is 1.43 bits per heavy atom. The monoisotopic (exact) mass is 306 g/mol. The Labute approximate surface area is 129 Å². The number of nitrogens with zero attached hydrogens (tertiary/aromatic N) is 3. The number of benzene rings is 1. The van der Waals surface area contributed by atoms with E-state index in [2.05, 4.69) is 5.10 Å². The number of hydrogen-bond donors (Lipinski definition) is 1. The summed E-state index contributed by atoms with van der Waals surface area (Å²) < 4.78 is 1.62. The fraction of sp³-hybridized carbons (Fsp3) is 0.333. The van der Waals surface area contributed by atoms with E-state index < -0.39 is 0 Å². The van der Waals surface area contributed by atoms with Gasteiger partial charge in [-0.15, -0.1) is 0 Å². The molecule has 0 spiro atoms. The predicted octanol–water partition coefficient (Wildman–Crippen LogP) is 2.80. The molecule has 0 fully saturated rings. The van der Waals surface area contributed by atoms with Gasteiger partial charge in [0.25, 0.3) is 5.91 Å². The van der Waals surface area contributed by atoms with Gasteiger partial charge in [-0.05, 0) is 31.5 Å². The summed E-state index contributed by atoms with van der Waals surface area (Å²) in [5.41, 5.74) is 7.72. The van der Waals surface area contributed by atoms with Gasteiger partial charge in [0.1, 0.15) is 5.69 Å². The topological polar surface area (TPSA) is 64.2 Å². The molecule has 1 amide bonds. The number of aromatic nitrogens is 2. The first-order chi connectivity index (χ1) is 10.1. The predicted molar refractivity (Wildman–Crippen MR) is 84.2 cm³/mol. The molecule has 1 aromatic heterocycles. The second kappa shape index (κ2) is 6.63. The van der Waals surface area contributed by atoms with E-state index >= 15 is 0 Å². The maximum absolute atomic E-state index is 12.7. The Bertz CT molecular complexity index is 638. The van der Waals surface area contributed by atoms with Gasteiger partial charge in [-0.1, -0.05) is 23.7 Å². The van der Waals surface area contributed by atoms with Gasteiger partial charge in [0.2, 0.25) is 0 Å². The molecule has 5 nitrogen and oxygen atoms in total. The largest absolute Gasteiger partial charge is 0.396 e. The van der Waals surface area contributed by atoms with Crippen molar-refractivity contribution in [1.29, 1.82) is 0 Å². The molecule has 0 aliphatic heterocycles. The summed E-state index contributed by atoms with van der Waals surface area (Å²) in [7, 11) is 0. The van der Waals surface area contributed by atoms with E-state index in [1.165, 1.54) is 6.20 Å². The third-order valence-corrected chi connectivity index (χ3v) is 3.54. The van der Waals surface area contributed by atoms with Crippen LogP contribution in [0.4, 0.5) is 5.69 Å². The highest BCUT2D eigenvalue weighted by molar-refractivity contribution is 6.30. The van der Waals surface area contributed by atoms with Crippen molar-refractivity contribution in [3.05, 3.63) is 46.7 Å². The number of carbonyl (C=O) groups is 1. The van der Waals surface area contributed by atoms with Crippen molar-refractivity contribution in [1.82, 2.24) is 14.7 Å². The first kappa shape index (κ1) is 15.4. The summed E-state index contributed by atoms with van der Waals surface area (Å²) in [4.78, 5) is 14.4. The van der Waals surface area contributed by atoms with E-state index in [4.69, 9.17) is 17.3 Å². The minimum absolute atomic E-state index is 0.116. The number of amides is 1. The lowest BCUT2D eigenvalue weighted by Crippen LogP contribution is -2.32. The Morgan fingerprint density at radius 3 is 2.81 bits per heavy atom. The van der Waals surface area contributed by atoms with Gasteiger partial charge >= 0.3 is 0 Å². The van der Waals surface area contributed by atoms with Crippen molar-refractivity contribution in [2.45, 2.75) is 26.9 Å². The van der Waals surface area contributed by atoms with Crippen LogP contribution in [-0.4, -0.2) is 27.1 Å². The fourth-order valence-electron chi connectivity index (χ4n) is 2.21. The molecule has 1 aromatic carbocycles. The van der Waals surface area contributed by atoms with E-state index in [9.17, 15) is 4.79 Å². The van der Waals surface area contributed by atoms with Crippen LogP contribution in [0, 0.1) is 0 Å². The minimum atomic E-state index is -0.116. The zero-order valence-electron chi connectivity index (χ0n) is 12.2. The van der Waals surface area contributed by atoms with E-state index in [1.54, 1.807) is 9.58 Å². The molecule has 112 valence electrons. The molecule has 1 heterocycles. The van der Waals surface area contributed by atoms with Crippen LogP contribution < -0.4 is 5.73 Å². The zero-order valence-corrected chi connectivity index (χ0v) is 13.0.